The fraction of sp³-hybridized carbons (Fsp3) is 0.579. The van der Waals surface area contributed by atoms with E-state index < -0.39 is 45.6 Å². The highest BCUT2D eigenvalue weighted by Crippen LogP contribution is 2.47. The Balaban J connectivity index is 1.45. The van der Waals surface area contributed by atoms with Crippen LogP contribution in [0, 0.1) is 11.8 Å². The molecule has 0 radical (unpaired) electrons. The summed E-state index contributed by atoms with van der Waals surface area (Å²) in [4.78, 5) is 31.4. The maximum atomic E-state index is 14.1. The molecule has 0 saturated heterocycles. The molecule has 6 rings (SSSR count). The molecular formula is C38H50ClN3O8S. The van der Waals surface area contributed by atoms with Gasteiger partial charge in [0, 0.05) is 57.8 Å². The normalized spacial score (nSPS) is 29.1. The number of halogens is 1. The van der Waals surface area contributed by atoms with Crippen molar-refractivity contribution >= 4 is 39.0 Å². The van der Waals surface area contributed by atoms with Crippen LogP contribution in [-0.2, 0) is 41.8 Å². The summed E-state index contributed by atoms with van der Waals surface area (Å²) in [5, 5.41) is 24.3. The van der Waals surface area contributed by atoms with E-state index in [0.29, 0.717) is 49.1 Å². The molecule has 0 unspecified atom stereocenters. The number of hydrogen-bond donors (Lipinski definition) is 2. The Morgan fingerprint density at radius 1 is 1.20 bits per heavy atom. The van der Waals surface area contributed by atoms with Crippen LogP contribution in [0.2, 0.25) is 5.02 Å². The largest absolute Gasteiger partial charge is 0.490 e. The molecule has 2 aromatic rings. The van der Waals surface area contributed by atoms with E-state index in [1.165, 1.54) is 30.2 Å². The van der Waals surface area contributed by atoms with Gasteiger partial charge in [0.15, 0.2) is 11.4 Å². The zero-order chi connectivity index (χ0) is 36.6. The molecule has 2 bridgehead atoms. The fourth-order valence-corrected chi connectivity index (χ4v) is 9.50. The third kappa shape index (κ3) is 7.72. The molecule has 1 saturated carbocycles. The van der Waals surface area contributed by atoms with E-state index in [2.05, 4.69) is 11.0 Å². The molecule has 2 aromatic carbocycles. The van der Waals surface area contributed by atoms with Crippen LogP contribution < -0.4 is 9.64 Å². The number of likely N-dealkylation sites (N-methyl/N-ethyl adjacent to an activating group) is 1. The third-order valence-electron chi connectivity index (χ3n) is 11.5. The lowest BCUT2D eigenvalue weighted by Gasteiger charge is -2.45. The minimum atomic E-state index is -4.15. The van der Waals surface area contributed by atoms with Gasteiger partial charge in [0.25, 0.3) is 0 Å². The van der Waals surface area contributed by atoms with Crippen LogP contribution in [-0.4, -0.2) is 112 Å². The van der Waals surface area contributed by atoms with E-state index in [9.17, 15) is 28.2 Å². The molecule has 2 heterocycles. The zero-order valence-electron chi connectivity index (χ0n) is 29.7. The SMILES string of the molecule is COCCN(C)S(=O)(=O)CC(=O)[C@@]1(O)CC(=O)N(C)CC/C=C/[C@H](O)[C@@H]2CC[C@H]2CN2C[C@@]3(CCCc4cc(Cl)ccc43)COc3ccc1cc32. The van der Waals surface area contributed by atoms with Gasteiger partial charge in [0.1, 0.15) is 11.5 Å². The summed E-state index contributed by atoms with van der Waals surface area (Å²) in [5.41, 5.74) is 0.346. The molecule has 1 fully saturated rings. The molecular weight excluding hydrogens is 694 g/mol. The number of fused-ring (bicyclic) bond motifs is 4. The van der Waals surface area contributed by atoms with E-state index >= 15 is 0 Å². The molecule has 0 aromatic heterocycles. The minimum absolute atomic E-state index is 0.0266. The van der Waals surface area contributed by atoms with Crippen molar-refractivity contribution in [1.29, 1.82) is 0 Å². The molecule has 2 aliphatic carbocycles. The van der Waals surface area contributed by atoms with Crippen LogP contribution in [0.15, 0.2) is 48.6 Å². The molecule has 278 valence electrons. The van der Waals surface area contributed by atoms with Crippen molar-refractivity contribution in [3.8, 4) is 5.75 Å². The smallest absolute Gasteiger partial charge is 0.226 e. The first kappa shape index (κ1) is 37.7. The first-order chi connectivity index (χ1) is 24.3. The number of hydrogen-bond acceptors (Lipinski definition) is 9. The summed E-state index contributed by atoms with van der Waals surface area (Å²) in [6, 6.07) is 11.0. The first-order valence-corrected chi connectivity index (χ1v) is 19.8. The van der Waals surface area contributed by atoms with Crippen LogP contribution in [0.1, 0.15) is 55.2 Å². The Hall–Kier alpha value is -3.00. The molecule has 4 aliphatic rings. The quantitative estimate of drug-likeness (QED) is 0.408. The second-order valence-electron chi connectivity index (χ2n) is 14.8. The number of amides is 1. The Kier molecular flexibility index (Phi) is 11.2. The molecule has 1 amide bonds. The number of benzene rings is 2. The summed E-state index contributed by atoms with van der Waals surface area (Å²) >= 11 is 6.43. The summed E-state index contributed by atoms with van der Waals surface area (Å²) in [6.45, 7) is 2.04. The van der Waals surface area contributed by atoms with Crippen molar-refractivity contribution < 1.29 is 37.7 Å². The van der Waals surface area contributed by atoms with Crippen molar-refractivity contribution in [2.75, 3.05) is 71.3 Å². The van der Waals surface area contributed by atoms with Crippen molar-refractivity contribution in [3.63, 3.8) is 0 Å². The number of Topliss-reactive ketones (excluding diaryl/α,β-unsaturated/α-hetero) is 1. The highest BCUT2D eigenvalue weighted by molar-refractivity contribution is 7.89. The van der Waals surface area contributed by atoms with Gasteiger partial charge in [-0.25, -0.2) is 12.7 Å². The van der Waals surface area contributed by atoms with Crippen LogP contribution >= 0.6 is 11.6 Å². The van der Waals surface area contributed by atoms with Gasteiger partial charge in [-0.05, 0) is 91.3 Å². The van der Waals surface area contributed by atoms with Crippen LogP contribution in [0.4, 0.5) is 5.69 Å². The Morgan fingerprint density at radius 3 is 2.75 bits per heavy atom. The zero-order valence-corrected chi connectivity index (χ0v) is 31.3. The summed E-state index contributed by atoms with van der Waals surface area (Å²) in [6.07, 6.45) is 7.47. The van der Waals surface area contributed by atoms with E-state index in [4.69, 9.17) is 21.1 Å². The number of nitrogens with zero attached hydrogens (tertiary/aromatic N) is 3. The van der Waals surface area contributed by atoms with Gasteiger partial charge in [-0.3, -0.25) is 9.59 Å². The summed E-state index contributed by atoms with van der Waals surface area (Å²) < 4.78 is 39.3. The third-order valence-corrected chi connectivity index (χ3v) is 13.5. The molecule has 2 N–H and O–H groups in total. The van der Waals surface area contributed by atoms with Gasteiger partial charge in [0.05, 0.1) is 31.4 Å². The second-order valence-corrected chi connectivity index (χ2v) is 17.4. The Labute approximate surface area is 306 Å². The number of anilines is 1. The van der Waals surface area contributed by atoms with E-state index in [1.807, 2.05) is 24.3 Å². The number of methoxy groups -OCH3 is 1. The van der Waals surface area contributed by atoms with Gasteiger partial charge in [0.2, 0.25) is 15.9 Å². The number of carbonyl (C=O) groups excluding carboxylic acids is 2. The number of ether oxygens (including phenoxy) is 2. The predicted molar refractivity (Wildman–Crippen MR) is 196 cm³/mol. The monoisotopic (exact) mass is 743 g/mol. The number of aliphatic hydroxyl groups is 2. The topological polar surface area (TPSA) is 137 Å². The van der Waals surface area contributed by atoms with E-state index in [-0.39, 0.29) is 36.0 Å². The molecule has 13 heteroatoms. The van der Waals surface area contributed by atoms with Crippen molar-refractivity contribution in [3.05, 3.63) is 70.3 Å². The van der Waals surface area contributed by atoms with Crippen molar-refractivity contribution in [2.24, 2.45) is 11.8 Å². The number of ketones is 1. The first-order valence-electron chi connectivity index (χ1n) is 17.8. The van der Waals surface area contributed by atoms with E-state index in [0.717, 1.165) is 36.4 Å². The average molecular weight is 744 g/mol. The maximum absolute atomic E-state index is 14.1. The van der Waals surface area contributed by atoms with Crippen LogP contribution in [0.3, 0.4) is 0 Å². The Morgan fingerprint density at radius 2 is 2.00 bits per heavy atom. The van der Waals surface area contributed by atoms with E-state index in [1.54, 1.807) is 25.2 Å². The molecule has 51 heavy (non-hydrogen) atoms. The fourth-order valence-electron chi connectivity index (χ4n) is 8.17. The van der Waals surface area contributed by atoms with Gasteiger partial charge < -0.3 is 29.5 Å². The highest BCUT2D eigenvalue weighted by atomic mass is 35.5. The number of aliphatic hydroxyl groups excluding tert-OH is 1. The molecule has 11 nitrogen and oxygen atoms in total. The number of carbonyl (C=O) groups is 2. The maximum Gasteiger partial charge on any atom is 0.226 e. The average Bonchev–Trinajstić information content (AvgIpc) is 3.23. The van der Waals surface area contributed by atoms with Gasteiger partial charge in [-0.1, -0.05) is 35.9 Å². The lowest BCUT2D eigenvalue weighted by atomic mass is 9.68. The van der Waals surface area contributed by atoms with Gasteiger partial charge in [-0.2, -0.15) is 0 Å². The highest BCUT2D eigenvalue weighted by Gasteiger charge is 2.47. The summed E-state index contributed by atoms with van der Waals surface area (Å²) in [7, 11) is 0.238. The minimum Gasteiger partial charge on any atom is -0.490 e. The van der Waals surface area contributed by atoms with Gasteiger partial charge in [-0.15, -0.1) is 0 Å². The lowest BCUT2D eigenvalue weighted by molar-refractivity contribution is -0.146. The van der Waals surface area contributed by atoms with Crippen molar-refractivity contribution in [2.45, 2.75) is 62.1 Å². The number of rotatable bonds is 7. The predicted octanol–water partition coefficient (Wildman–Crippen LogP) is 3.67. The van der Waals surface area contributed by atoms with Crippen LogP contribution in [0.25, 0.3) is 0 Å². The van der Waals surface area contributed by atoms with Crippen molar-refractivity contribution in [1.82, 2.24) is 9.21 Å². The molecule has 1 spiro atoms. The van der Waals surface area contributed by atoms with Gasteiger partial charge >= 0.3 is 0 Å². The summed E-state index contributed by atoms with van der Waals surface area (Å²) in [5.74, 6) is -1.71. The van der Waals surface area contributed by atoms with Crippen LogP contribution in [0.5, 0.6) is 5.75 Å². The molecule has 2 aliphatic heterocycles. The number of sulfonamides is 1. The Bertz CT molecular complexity index is 1770. The molecule has 5 atom stereocenters. The number of aryl methyl sites for hydroxylation is 1. The second kappa shape index (κ2) is 15.2. The lowest BCUT2D eigenvalue weighted by Crippen LogP contribution is -2.49. The standard InChI is InChI=1S/C38H50ClN3O8S/c1-40-16-5-4-8-33(43)30-12-9-27(30)22-42-24-37(15-6-7-26-19-29(39)11-13-31(26)37)25-50-34-14-10-28(20-32(34)42)38(46,21-36(40)45)35(44)23-51(47,48)41(2)17-18-49-3/h4,8,10-11,13-14,19-20,27,30,33,43,46H,5-7,9,12,15-18,21-25H2,1-3H3/b8-4+/t27-,30+,33-,37-,38+/m0/s1.